The molecule has 3 aromatic rings. The van der Waals surface area contributed by atoms with E-state index in [4.69, 9.17) is 4.98 Å². The number of pyridine rings is 1. The molecule has 30 heavy (non-hydrogen) atoms. The zero-order valence-electron chi connectivity index (χ0n) is 18.4. The highest BCUT2D eigenvalue weighted by atomic mass is 14.7. The lowest BCUT2D eigenvalue weighted by molar-refractivity contribution is 1.24. The van der Waals surface area contributed by atoms with Gasteiger partial charge in [-0.2, -0.15) is 0 Å². The van der Waals surface area contributed by atoms with Gasteiger partial charge in [-0.3, -0.25) is 4.98 Å². The van der Waals surface area contributed by atoms with Gasteiger partial charge in [-0.05, 0) is 67.2 Å². The van der Waals surface area contributed by atoms with Crippen LogP contribution in [0.2, 0.25) is 0 Å². The number of aryl methyl sites for hydroxylation is 2. The summed E-state index contributed by atoms with van der Waals surface area (Å²) in [4.78, 5) is 4.92. The van der Waals surface area contributed by atoms with Crippen LogP contribution in [0.25, 0.3) is 27.6 Å². The molecule has 0 unspecified atom stereocenters. The largest absolute Gasteiger partial charge is 0.253 e. The Balaban J connectivity index is 2.26. The molecule has 1 nitrogen and oxygen atoms in total. The normalized spacial score (nSPS) is 12.5. The molecule has 1 heterocycles. The molecule has 0 aliphatic heterocycles. The van der Waals surface area contributed by atoms with Gasteiger partial charge in [-0.25, -0.2) is 0 Å². The highest BCUT2D eigenvalue weighted by molar-refractivity contribution is 5.99. The average Bonchev–Trinajstić information content (AvgIpc) is 2.73. The van der Waals surface area contributed by atoms with Crippen LogP contribution in [0.4, 0.5) is 0 Å². The van der Waals surface area contributed by atoms with E-state index in [0.717, 1.165) is 16.8 Å². The summed E-state index contributed by atoms with van der Waals surface area (Å²) < 4.78 is 0. The molecule has 0 N–H and O–H groups in total. The van der Waals surface area contributed by atoms with Gasteiger partial charge in [0.15, 0.2) is 0 Å². The first-order valence-corrected chi connectivity index (χ1v) is 10.2. The SMILES string of the molecule is C=C\C=C/C=C(C)/C(=C/C(=C)C)c1ccc2c(-c3ccccc3)cc(C)nc2c1C. The van der Waals surface area contributed by atoms with Crippen LogP contribution in [-0.2, 0) is 0 Å². The molecular formula is C29H29N. The maximum absolute atomic E-state index is 4.92. The van der Waals surface area contributed by atoms with Crippen molar-refractivity contribution in [2.45, 2.75) is 27.7 Å². The number of benzene rings is 2. The molecule has 0 spiro atoms. The lowest BCUT2D eigenvalue weighted by Gasteiger charge is -2.16. The third kappa shape index (κ3) is 4.58. The van der Waals surface area contributed by atoms with E-state index in [1.54, 1.807) is 6.08 Å². The molecule has 0 atom stereocenters. The molecule has 2 aromatic carbocycles. The van der Waals surface area contributed by atoms with Crippen LogP contribution in [0.15, 0.2) is 103 Å². The Kier molecular flexibility index (Phi) is 6.64. The van der Waals surface area contributed by atoms with Gasteiger partial charge in [0, 0.05) is 11.1 Å². The number of rotatable bonds is 6. The van der Waals surface area contributed by atoms with E-state index in [9.17, 15) is 0 Å². The highest BCUT2D eigenvalue weighted by Crippen LogP contribution is 2.35. The van der Waals surface area contributed by atoms with Crippen LogP contribution in [0.1, 0.15) is 30.7 Å². The molecule has 0 bridgehead atoms. The molecule has 0 radical (unpaired) electrons. The van der Waals surface area contributed by atoms with Crippen LogP contribution in [0.3, 0.4) is 0 Å². The predicted molar refractivity (Wildman–Crippen MR) is 133 cm³/mol. The fraction of sp³-hybridized carbons (Fsp3) is 0.138. The summed E-state index contributed by atoms with van der Waals surface area (Å²) >= 11 is 0. The number of nitrogens with zero attached hydrogens (tertiary/aromatic N) is 1. The second-order valence-corrected chi connectivity index (χ2v) is 7.69. The minimum absolute atomic E-state index is 1.02. The van der Waals surface area contributed by atoms with Crippen molar-refractivity contribution in [3.05, 3.63) is 120 Å². The van der Waals surface area contributed by atoms with Crippen molar-refractivity contribution in [1.82, 2.24) is 4.98 Å². The van der Waals surface area contributed by atoms with Crippen molar-refractivity contribution in [3.63, 3.8) is 0 Å². The van der Waals surface area contributed by atoms with Gasteiger partial charge in [0.2, 0.25) is 0 Å². The second-order valence-electron chi connectivity index (χ2n) is 7.69. The summed E-state index contributed by atoms with van der Waals surface area (Å²) in [6.07, 6.45) is 9.99. The summed E-state index contributed by atoms with van der Waals surface area (Å²) in [5.41, 5.74) is 10.2. The van der Waals surface area contributed by atoms with E-state index < -0.39 is 0 Å². The van der Waals surface area contributed by atoms with Gasteiger partial charge in [-0.15, -0.1) is 0 Å². The van der Waals surface area contributed by atoms with Crippen molar-refractivity contribution in [2.24, 2.45) is 0 Å². The number of fused-ring (bicyclic) bond motifs is 1. The molecule has 0 fully saturated rings. The zero-order chi connectivity index (χ0) is 21.7. The molecule has 1 aromatic heterocycles. The maximum atomic E-state index is 4.92. The lowest BCUT2D eigenvalue weighted by Crippen LogP contribution is -1.97. The first-order chi connectivity index (χ1) is 14.4. The monoisotopic (exact) mass is 391 g/mol. The van der Waals surface area contributed by atoms with Crippen LogP contribution >= 0.6 is 0 Å². The molecule has 150 valence electrons. The van der Waals surface area contributed by atoms with Crippen molar-refractivity contribution in [3.8, 4) is 11.1 Å². The van der Waals surface area contributed by atoms with E-state index in [-0.39, 0.29) is 0 Å². The molecule has 0 saturated carbocycles. The third-order valence-corrected chi connectivity index (χ3v) is 5.15. The molecule has 0 aliphatic carbocycles. The van der Waals surface area contributed by atoms with Crippen molar-refractivity contribution >= 4 is 16.5 Å². The van der Waals surface area contributed by atoms with Crippen LogP contribution < -0.4 is 0 Å². The summed E-state index contributed by atoms with van der Waals surface area (Å²) in [6.45, 7) is 16.2. The fourth-order valence-electron chi connectivity index (χ4n) is 3.72. The summed E-state index contributed by atoms with van der Waals surface area (Å²) in [6, 6.07) is 17.1. The Morgan fingerprint density at radius 3 is 2.37 bits per heavy atom. The Morgan fingerprint density at radius 2 is 1.70 bits per heavy atom. The predicted octanol–water partition coefficient (Wildman–Crippen LogP) is 8.17. The van der Waals surface area contributed by atoms with Gasteiger partial charge >= 0.3 is 0 Å². The Hall–Kier alpha value is -3.45. The maximum Gasteiger partial charge on any atom is 0.0746 e. The van der Waals surface area contributed by atoms with Gasteiger partial charge in [0.25, 0.3) is 0 Å². The molecule has 0 saturated heterocycles. The standard InChI is InChI=1S/C29H29N/c1-7-8-10-13-21(4)27(18-20(2)3)25-16-17-26-28(24-14-11-9-12-15-24)19-22(5)30-29(26)23(25)6/h7-19H,1-2H2,3-6H3/b10-8-,21-13+,27-18-. The topological polar surface area (TPSA) is 12.9 Å². The quantitative estimate of drug-likeness (QED) is 0.386. The zero-order valence-corrected chi connectivity index (χ0v) is 18.4. The molecule has 3 rings (SSSR count). The second kappa shape index (κ2) is 9.37. The summed E-state index contributed by atoms with van der Waals surface area (Å²) in [7, 11) is 0. The molecule has 0 amide bonds. The Labute approximate surface area is 180 Å². The van der Waals surface area contributed by atoms with Gasteiger partial charge < -0.3 is 0 Å². The average molecular weight is 392 g/mol. The van der Waals surface area contributed by atoms with E-state index in [2.05, 4.69) is 88.5 Å². The van der Waals surface area contributed by atoms with Crippen LogP contribution in [0, 0.1) is 13.8 Å². The van der Waals surface area contributed by atoms with Crippen LogP contribution in [0.5, 0.6) is 0 Å². The minimum atomic E-state index is 1.02. The van der Waals surface area contributed by atoms with Gasteiger partial charge in [0.1, 0.15) is 0 Å². The molecular weight excluding hydrogens is 362 g/mol. The first-order valence-electron chi connectivity index (χ1n) is 10.2. The van der Waals surface area contributed by atoms with Crippen molar-refractivity contribution < 1.29 is 0 Å². The number of hydrogen-bond acceptors (Lipinski definition) is 1. The minimum Gasteiger partial charge on any atom is -0.253 e. The van der Waals surface area contributed by atoms with Crippen molar-refractivity contribution in [2.75, 3.05) is 0 Å². The molecule has 0 aliphatic rings. The number of allylic oxidation sites excluding steroid dienone is 8. The highest BCUT2D eigenvalue weighted by Gasteiger charge is 2.14. The lowest BCUT2D eigenvalue weighted by atomic mass is 9.90. The Morgan fingerprint density at radius 1 is 0.967 bits per heavy atom. The number of hydrogen-bond donors (Lipinski definition) is 0. The molecule has 1 heteroatoms. The fourth-order valence-corrected chi connectivity index (χ4v) is 3.72. The summed E-state index contributed by atoms with van der Waals surface area (Å²) in [5, 5.41) is 1.18. The first kappa shape index (κ1) is 21.3. The van der Waals surface area contributed by atoms with Crippen LogP contribution in [-0.4, -0.2) is 4.98 Å². The number of aromatic nitrogens is 1. The Bertz CT molecular complexity index is 1190. The summed E-state index contributed by atoms with van der Waals surface area (Å²) in [5.74, 6) is 0. The van der Waals surface area contributed by atoms with E-state index >= 15 is 0 Å². The van der Waals surface area contributed by atoms with Crippen molar-refractivity contribution in [1.29, 1.82) is 0 Å². The van der Waals surface area contributed by atoms with E-state index in [1.807, 2.05) is 25.1 Å². The van der Waals surface area contributed by atoms with E-state index in [1.165, 1.54) is 38.8 Å². The smallest absolute Gasteiger partial charge is 0.0746 e. The third-order valence-electron chi connectivity index (χ3n) is 5.15. The van der Waals surface area contributed by atoms with Gasteiger partial charge in [-0.1, -0.05) is 91.6 Å². The van der Waals surface area contributed by atoms with E-state index in [0.29, 0.717) is 0 Å². The van der Waals surface area contributed by atoms with Gasteiger partial charge in [0.05, 0.1) is 5.52 Å².